The van der Waals surface area contributed by atoms with Gasteiger partial charge in [0.1, 0.15) is 11.5 Å². The van der Waals surface area contributed by atoms with Gasteiger partial charge < -0.3 is 5.11 Å². The maximum atomic E-state index is 13.3. The Labute approximate surface area is 189 Å². The van der Waals surface area contributed by atoms with Crippen LogP contribution in [0.5, 0.6) is 0 Å². The Morgan fingerprint density at radius 2 is 1.78 bits per heavy atom. The molecule has 6 heteroatoms. The highest BCUT2D eigenvalue weighted by molar-refractivity contribution is 5.57. The fraction of sp³-hybridized carbons (Fsp3) is 0.462. The van der Waals surface area contributed by atoms with E-state index in [9.17, 15) is 9.50 Å². The Hall–Kier alpha value is -2.57. The van der Waals surface area contributed by atoms with Crippen LogP contribution in [0.4, 0.5) is 4.39 Å². The number of rotatable bonds is 8. The standard InChI is InChI=1S/C26H33FN4O/c1-3-4-5-6-15-30-18-26(32)25(16-24(30)21-9-7-19(2)8-10-21)31-17-23(28-29-31)20-11-13-22(27)14-12-20/h7-14,17,24-26,32H,3-6,15-16,18H2,1-2H3/t24-,25+,26+/m1/s1. The Bertz CT molecular complexity index is 986. The normalized spacial score (nSPS) is 21.7. The van der Waals surface area contributed by atoms with Crippen molar-refractivity contribution < 1.29 is 9.50 Å². The summed E-state index contributed by atoms with van der Waals surface area (Å²) in [5.41, 5.74) is 4.03. The second kappa shape index (κ2) is 10.4. The molecular weight excluding hydrogens is 403 g/mol. The van der Waals surface area contributed by atoms with Crippen LogP contribution in [0.15, 0.2) is 54.7 Å². The van der Waals surface area contributed by atoms with Gasteiger partial charge >= 0.3 is 0 Å². The monoisotopic (exact) mass is 436 g/mol. The van der Waals surface area contributed by atoms with Gasteiger partial charge in [-0.15, -0.1) is 5.10 Å². The van der Waals surface area contributed by atoms with E-state index in [2.05, 4.69) is 53.3 Å². The largest absolute Gasteiger partial charge is 0.390 e. The molecule has 1 aliphatic heterocycles. The quantitative estimate of drug-likeness (QED) is 0.486. The average Bonchev–Trinajstić information content (AvgIpc) is 3.28. The minimum absolute atomic E-state index is 0.158. The third kappa shape index (κ3) is 5.25. The van der Waals surface area contributed by atoms with Crippen molar-refractivity contribution in [3.63, 3.8) is 0 Å². The lowest BCUT2D eigenvalue weighted by atomic mass is 9.89. The van der Waals surface area contributed by atoms with E-state index in [1.807, 2.05) is 6.20 Å². The molecule has 1 aliphatic rings. The maximum Gasteiger partial charge on any atom is 0.123 e. The number of aromatic nitrogens is 3. The number of hydrogen-bond acceptors (Lipinski definition) is 4. The Morgan fingerprint density at radius 1 is 1.03 bits per heavy atom. The van der Waals surface area contributed by atoms with Gasteiger partial charge in [0.05, 0.1) is 18.3 Å². The molecule has 0 unspecified atom stereocenters. The summed E-state index contributed by atoms with van der Waals surface area (Å²) in [6.07, 6.45) is 6.94. The molecule has 170 valence electrons. The summed E-state index contributed by atoms with van der Waals surface area (Å²) >= 11 is 0. The smallest absolute Gasteiger partial charge is 0.123 e. The van der Waals surface area contributed by atoms with E-state index in [4.69, 9.17) is 0 Å². The number of benzene rings is 2. The Morgan fingerprint density at radius 3 is 2.50 bits per heavy atom. The summed E-state index contributed by atoms with van der Waals surface area (Å²) in [5.74, 6) is -0.274. The van der Waals surface area contributed by atoms with Crippen LogP contribution >= 0.6 is 0 Å². The molecule has 3 atom stereocenters. The topological polar surface area (TPSA) is 54.2 Å². The van der Waals surface area contributed by atoms with Crippen LogP contribution in [0.1, 0.15) is 62.2 Å². The van der Waals surface area contributed by atoms with Crippen molar-refractivity contribution in [2.75, 3.05) is 13.1 Å². The third-order valence-corrected chi connectivity index (χ3v) is 6.52. The van der Waals surface area contributed by atoms with Crippen LogP contribution in [0.3, 0.4) is 0 Å². The SMILES string of the molecule is CCCCCCN1C[C@H](O)[C@@H](n2cc(-c3ccc(F)cc3)nn2)C[C@@H]1c1ccc(C)cc1. The van der Waals surface area contributed by atoms with Crippen LogP contribution in [-0.2, 0) is 0 Å². The van der Waals surface area contributed by atoms with E-state index >= 15 is 0 Å². The second-order valence-corrected chi connectivity index (χ2v) is 8.94. The summed E-state index contributed by atoms with van der Waals surface area (Å²) in [7, 11) is 0. The molecule has 2 aromatic carbocycles. The number of nitrogens with zero attached hydrogens (tertiary/aromatic N) is 4. The number of aliphatic hydroxyl groups is 1. The predicted octanol–water partition coefficient (Wildman–Crippen LogP) is 5.32. The van der Waals surface area contributed by atoms with E-state index in [1.165, 1.54) is 42.5 Å². The highest BCUT2D eigenvalue weighted by Crippen LogP contribution is 2.37. The second-order valence-electron chi connectivity index (χ2n) is 8.94. The molecule has 0 radical (unpaired) electrons. The van der Waals surface area contributed by atoms with Crippen molar-refractivity contribution in [3.8, 4) is 11.3 Å². The van der Waals surface area contributed by atoms with Crippen LogP contribution in [0, 0.1) is 12.7 Å². The first-order valence-electron chi connectivity index (χ1n) is 11.7. The molecule has 1 N–H and O–H groups in total. The fourth-order valence-electron chi connectivity index (χ4n) is 4.62. The van der Waals surface area contributed by atoms with Gasteiger partial charge in [0.15, 0.2) is 0 Å². The Kier molecular flexibility index (Phi) is 7.33. The zero-order valence-corrected chi connectivity index (χ0v) is 19.0. The van der Waals surface area contributed by atoms with Crippen LogP contribution < -0.4 is 0 Å². The van der Waals surface area contributed by atoms with Crippen molar-refractivity contribution >= 4 is 0 Å². The van der Waals surface area contributed by atoms with Crippen molar-refractivity contribution in [1.29, 1.82) is 0 Å². The van der Waals surface area contributed by atoms with E-state index in [-0.39, 0.29) is 17.9 Å². The molecule has 0 amide bonds. The zero-order chi connectivity index (χ0) is 22.5. The molecule has 0 spiro atoms. The van der Waals surface area contributed by atoms with E-state index < -0.39 is 6.10 Å². The third-order valence-electron chi connectivity index (χ3n) is 6.52. The van der Waals surface area contributed by atoms with Gasteiger partial charge in [0, 0.05) is 18.2 Å². The van der Waals surface area contributed by atoms with Crippen molar-refractivity contribution in [2.45, 2.75) is 64.1 Å². The fourth-order valence-corrected chi connectivity index (χ4v) is 4.62. The molecule has 32 heavy (non-hydrogen) atoms. The van der Waals surface area contributed by atoms with Gasteiger partial charge in [0.25, 0.3) is 0 Å². The summed E-state index contributed by atoms with van der Waals surface area (Å²) in [5, 5.41) is 19.7. The van der Waals surface area contributed by atoms with Gasteiger partial charge in [-0.05, 0) is 56.1 Å². The number of aryl methyl sites for hydroxylation is 1. The first-order valence-corrected chi connectivity index (χ1v) is 11.7. The van der Waals surface area contributed by atoms with Gasteiger partial charge in [-0.1, -0.05) is 61.2 Å². The number of β-amino-alcohol motifs (C(OH)–C–C–N with tert-alkyl or cyclic N) is 1. The minimum atomic E-state index is -0.523. The zero-order valence-electron chi connectivity index (χ0n) is 19.0. The van der Waals surface area contributed by atoms with Crippen LogP contribution in [0.2, 0.25) is 0 Å². The van der Waals surface area contributed by atoms with E-state index in [1.54, 1.807) is 16.8 Å². The summed E-state index contributed by atoms with van der Waals surface area (Å²) < 4.78 is 15.1. The highest BCUT2D eigenvalue weighted by Gasteiger charge is 2.36. The number of aliphatic hydroxyl groups excluding tert-OH is 1. The lowest BCUT2D eigenvalue weighted by Gasteiger charge is -2.42. The van der Waals surface area contributed by atoms with E-state index in [0.717, 1.165) is 24.9 Å². The first-order chi connectivity index (χ1) is 15.5. The summed E-state index contributed by atoms with van der Waals surface area (Å²) in [4.78, 5) is 2.43. The molecule has 1 aromatic heterocycles. The number of hydrogen-bond donors (Lipinski definition) is 1. The highest BCUT2D eigenvalue weighted by atomic mass is 19.1. The number of halogens is 1. The van der Waals surface area contributed by atoms with Crippen LogP contribution in [-0.4, -0.2) is 44.2 Å². The first kappa shape index (κ1) is 22.6. The molecule has 1 saturated heterocycles. The summed E-state index contributed by atoms with van der Waals surface area (Å²) in [6.45, 7) is 5.93. The molecular formula is C26H33FN4O. The summed E-state index contributed by atoms with van der Waals surface area (Å²) in [6, 6.07) is 15.1. The molecule has 1 fully saturated rings. The minimum Gasteiger partial charge on any atom is -0.390 e. The number of unbranched alkanes of at least 4 members (excludes halogenated alkanes) is 3. The Balaban J connectivity index is 1.55. The molecule has 2 heterocycles. The average molecular weight is 437 g/mol. The van der Waals surface area contributed by atoms with Gasteiger partial charge in [-0.2, -0.15) is 0 Å². The molecule has 3 aromatic rings. The van der Waals surface area contributed by atoms with E-state index in [0.29, 0.717) is 12.2 Å². The number of piperidine rings is 1. The van der Waals surface area contributed by atoms with Crippen molar-refractivity contribution in [2.24, 2.45) is 0 Å². The van der Waals surface area contributed by atoms with Crippen LogP contribution in [0.25, 0.3) is 11.3 Å². The van der Waals surface area contributed by atoms with Crippen molar-refractivity contribution in [3.05, 3.63) is 71.7 Å². The maximum absolute atomic E-state index is 13.3. The van der Waals surface area contributed by atoms with Gasteiger partial charge in [-0.3, -0.25) is 4.90 Å². The molecule has 0 bridgehead atoms. The van der Waals surface area contributed by atoms with Gasteiger partial charge in [0.2, 0.25) is 0 Å². The lowest BCUT2D eigenvalue weighted by molar-refractivity contribution is -0.0102. The number of likely N-dealkylation sites (tertiary alicyclic amines) is 1. The molecule has 5 nitrogen and oxygen atoms in total. The lowest BCUT2D eigenvalue weighted by Crippen LogP contribution is -2.46. The molecule has 4 rings (SSSR count). The predicted molar refractivity (Wildman–Crippen MR) is 125 cm³/mol. The van der Waals surface area contributed by atoms with Crippen molar-refractivity contribution in [1.82, 2.24) is 19.9 Å². The van der Waals surface area contributed by atoms with Gasteiger partial charge in [-0.25, -0.2) is 9.07 Å². The molecule has 0 saturated carbocycles. The molecule has 0 aliphatic carbocycles.